The molecule has 0 saturated carbocycles. The van der Waals surface area contributed by atoms with Crippen molar-refractivity contribution in [1.29, 1.82) is 0 Å². The molecule has 112 valence electrons. The lowest BCUT2D eigenvalue weighted by molar-refractivity contribution is 0.134. The Bertz CT molecular complexity index is 477. The van der Waals surface area contributed by atoms with Gasteiger partial charge in [-0.1, -0.05) is 44.2 Å². The summed E-state index contributed by atoms with van der Waals surface area (Å²) in [5, 5.41) is 2.38. The predicted octanol–water partition coefficient (Wildman–Crippen LogP) is 2.73. The van der Waals surface area contributed by atoms with Crippen molar-refractivity contribution in [2.45, 2.75) is 26.2 Å². The van der Waals surface area contributed by atoms with Crippen LogP contribution in [-0.4, -0.2) is 23.9 Å². The molecule has 0 aliphatic carbocycles. The number of carbonyl (C=O) groups is 1. The van der Waals surface area contributed by atoms with E-state index in [-0.39, 0.29) is 12.5 Å². The Morgan fingerprint density at radius 2 is 1.95 bits per heavy atom. The summed E-state index contributed by atoms with van der Waals surface area (Å²) in [6.45, 7) is 3.52. The minimum atomic E-state index is -3.90. The average Bonchev–Trinajstić information content (AvgIpc) is 2.43. The largest absolute Gasteiger partial charge is 0.445 e. The van der Waals surface area contributed by atoms with Gasteiger partial charge in [0, 0.05) is 7.11 Å². The maximum absolute atomic E-state index is 11.8. The lowest BCUT2D eigenvalue weighted by Crippen LogP contribution is -2.39. The third kappa shape index (κ3) is 4.96. The predicted molar refractivity (Wildman–Crippen MR) is 75.2 cm³/mol. The van der Waals surface area contributed by atoms with E-state index in [0.717, 1.165) is 12.7 Å². The zero-order valence-electron chi connectivity index (χ0n) is 11.8. The van der Waals surface area contributed by atoms with Gasteiger partial charge in [0.1, 0.15) is 12.4 Å². The molecule has 2 N–H and O–H groups in total. The Morgan fingerprint density at radius 1 is 1.35 bits per heavy atom. The van der Waals surface area contributed by atoms with Crippen molar-refractivity contribution in [3.05, 3.63) is 35.9 Å². The quantitative estimate of drug-likeness (QED) is 0.789. The highest BCUT2D eigenvalue weighted by molar-refractivity contribution is 7.53. The highest BCUT2D eigenvalue weighted by Crippen LogP contribution is 2.48. The van der Waals surface area contributed by atoms with E-state index in [9.17, 15) is 14.3 Å². The number of rotatable bonds is 6. The van der Waals surface area contributed by atoms with Gasteiger partial charge in [0.25, 0.3) is 0 Å². The lowest BCUT2D eigenvalue weighted by Gasteiger charge is -2.25. The van der Waals surface area contributed by atoms with E-state index in [2.05, 4.69) is 9.84 Å². The van der Waals surface area contributed by atoms with E-state index in [1.165, 1.54) is 0 Å². The summed E-state index contributed by atoms with van der Waals surface area (Å²) in [7, 11) is -2.77. The van der Waals surface area contributed by atoms with E-state index in [1.54, 1.807) is 13.8 Å². The molecular weight excluding hydrogens is 281 g/mol. The van der Waals surface area contributed by atoms with Crippen molar-refractivity contribution in [3.63, 3.8) is 0 Å². The lowest BCUT2D eigenvalue weighted by atomic mass is 10.2. The van der Waals surface area contributed by atoms with E-state index in [0.29, 0.717) is 0 Å². The van der Waals surface area contributed by atoms with Gasteiger partial charge in [0.2, 0.25) is 0 Å². The maximum atomic E-state index is 11.8. The fourth-order valence-electron chi connectivity index (χ4n) is 1.62. The number of benzene rings is 1. The van der Waals surface area contributed by atoms with Gasteiger partial charge in [-0.15, -0.1) is 0 Å². The van der Waals surface area contributed by atoms with Gasteiger partial charge in [-0.25, -0.2) is 4.79 Å². The number of hydrogen-bond acceptors (Lipinski definition) is 4. The van der Waals surface area contributed by atoms with Gasteiger partial charge < -0.3 is 19.5 Å². The van der Waals surface area contributed by atoms with Crippen LogP contribution in [0.1, 0.15) is 19.4 Å². The van der Waals surface area contributed by atoms with E-state index >= 15 is 0 Å². The smallest absolute Gasteiger partial charge is 0.408 e. The molecule has 0 fully saturated rings. The standard InChI is InChI=1S/C13H20NO5P/c1-10(2)12(20(16,17)18-3)14-13(15)19-9-11-7-5-4-6-8-11/h4-8,10,12H,9H2,1-3H3,(H,14,15)(H,16,17)/t12-/m0/s1. The van der Waals surface area contributed by atoms with Crippen LogP contribution in [0.5, 0.6) is 0 Å². The zero-order chi connectivity index (χ0) is 15.2. The molecule has 20 heavy (non-hydrogen) atoms. The van der Waals surface area contributed by atoms with Crippen LogP contribution in [0.25, 0.3) is 0 Å². The van der Waals surface area contributed by atoms with E-state index < -0.39 is 19.5 Å². The molecule has 0 aromatic heterocycles. The summed E-state index contributed by atoms with van der Waals surface area (Å²) >= 11 is 0. The van der Waals surface area contributed by atoms with Crippen LogP contribution >= 0.6 is 7.60 Å². The minimum absolute atomic E-state index is 0.0974. The molecular formula is C13H20NO5P. The summed E-state index contributed by atoms with van der Waals surface area (Å²) in [4.78, 5) is 21.3. The molecule has 6 nitrogen and oxygen atoms in total. The molecule has 1 aromatic carbocycles. The molecule has 2 atom stereocenters. The Kier molecular flexibility index (Phi) is 6.20. The van der Waals surface area contributed by atoms with Crippen LogP contribution in [0, 0.1) is 5.92 Å². The van der Waals surface area contributed by atoms with Gasteiger partial charge in [-0.2, -0.15) is 0 Å². The topological polar surface area (TPSA) is 84.9 Å². The third-order valence-corrected chi connectivity index (χ3v) is 4.67. The Balaban J connectivity index is 2.57. The molecule has 0 aliphatic rings. The number of ether oxygens (including phenoxy) is 1. The summed E-state index contributed by atoms with van der Waals surface area (Å²) < 4.78 is 21.4. The van der Waals surface area contributed by atoms with Gasteiger partial charge in [-0.3, -0.25) is 4.57 Å². The van der Waals surface area contributed by atoms with Crippen molar-refractivity contribution >= 4 is 13.7 Å². The summed E-state index contributed by atoms with van der Waals surface area (Å²) in [5.74, 6) is -1.27. The SMILES string of the molecule is COP(=O)(O)[C@H](NC(=O)OCc1ccccc1)C(C)C. The normalized spacial score (nSPS) is 15.4. The number of amides is 1. The Hall–Kier alpha value is -1.36. The van der Waals surface area contributed by atoms with E-state index in [1.807, 2.05) is 30.3 Å². The van der Waals surface area contributed by atoms with Crippen LogP contribution in [0.4, 0.5) is 4.79 Å². The molecule has 0 spiro atoms. The first-order chi connectivity index (χ1) is 9.36. The van der Waals surface area contributed by atoms with E-state index in [4.69, 9.17) is 4.74 Å². The van der Waals surface area contributed by atoms with Gasteiger partial charge in [0.05, 0.1) is 0 Å². The molecule has 1 aromatic rings. The van der Waals surface area contributed by atoms with Crippen LogP contribution in [0.15, 0.2) is 30.3 Å². The first kappa shape index (κ1) is 16.7. The van der Waals surface area contributed by atoms with Crippen LogP contribution in [-0.2, 0) is 20.4 Å². The monoisotopic (exact) mass is 301 g/mol. The Labute approximate surface area is 118 Å². The van der Waals surface area contributed by atoms with Gasteiger partial charge in [0.15, 0.2) is 0 Å². The first-order valence-corrected chi connectivity index (χ1v) is 7.87. The maximum Gasteiger partial charge on any atom is 0.408 e. The highest BCUT2D eigenvalue weighted by atomic mass is 31.2. The molecule has 7 heteroatoms. The molecule has 0 aliphatic heterocycles. The van der Waals surface area contributed by atoms with Crippen LogP contribution < -0.4 is 5.32 Å². The van der Waals surface area contributed by atoms with Gasteiger partial charge in [-0.05, 0) is 11.5 Å². The second-order valence-corrected chi connectivity index (χ2v) is 6.69. The van der Waals surface area contributed by atoms with Gasteiger partial charge >= 0.3 is 13.7 Å². The van der Waals surface area contributed by atoms with Crippen LogP contribution in [0.3, 0.4) is 0 Å². The fourth-order valence-corrected chi connectivity index (χ4v) is 2.87. The number of carbonyl (C=O) groups excluding carboxylic acids is 1. The van der Waals surface area contributed by atoms with Crippen molar-refractivity contribution in [3.8, 4) is 0 Å². The molecule has 0 bridgehead atoms. The number of alkyl carbamates (subject to hydrolysis) is 1. The molecule has 1 unspecified atom stereocenters. The highest BCUT2D eigenvalue weighted by Gasteiger charge is 2.35. The summed E-state index contributed by atoms with van der Waals surface area (Å²) in [6.07, 6.45) is -0.751. The molecule has 1 rings (SSSR count). The van der Waals surface area contributed by atoms with Crippen molar-refractivity contribution < 1.29 is 23.5 Å². The number of hydrogen-bond donors (Lipinski definition) is 2. The van der Waals surface area contributed by atoms with Crippen LogP contribution in [0.2, 0.25) is 0 Å². The van der Waals surface area contributed by atoms with Crippen molar-refractivity contribution in [2.24, 2.45) is 5.92 Å². The Morgan fingerprint density at radius 3 is 2.45 bits per heavy atom. The molecule has 0 radical (unpaired) electrons. The average molecular weight is 301 g/mol. The fraction of sp³-hybridized carbons (Fsp3) is 0.462. The minimum Gasteiger partial charge on any atom is -0.445 e. The summed E-state index contributed by atoms with van der Waals surface area (Å²) in [6, 6.07) is 9.16. The third-order valence-electron chi connectivity index (χ3n) is 2.72. The molecule has 0 saturated heterocycles. The van der Waals surface area contributed by atoms with Crippen molar-refractivity contribution in [1.82, 2.24) is 5.32 Å². The second-order valence-electron chi connectivity index (χ2n) is 4.64. The second kappa shape index (κ2) is 7.43. The zero-order valence-corrected chi connectivity index (χ0v) is 12.7. The number of nitrogens with one attached hydrogen (secondary N) is 1. The molecule has 1 amide bonds. The summed E-state index contributed by atoms with van der Waals surface area (Å²) in [5.41, 5.74) is 0.836. The van der Waals surface area contributed by atoms with Crippen molar-refractivity contribution in [2.75, 3.05) is 7.11 Å². The first-order valence-electron chi connectivity index (χ1n) is 6.22. The molecule has 0 heterocycles.